The van der Waals surface area contributed by atoms with Crippen molar-refractivity contribution in [3.63, 3.8) is 0 Å². The number of benzene rings is 2. The third-order valence-electron chi connectivity index (χ3n) is 5.13. The van der Waals surface area contributed by atoms with E-state index < -0.39 is 0 Å². The van der Waals surface area contributed by atoms with Gasteiger partial charge in [-0.25, -0.2) is 4.98 Å². The van der Waals surface area contributed by atoms with Crippen LogP contribution in [0.5, 0.6) is 0 Å². The molecule has 1 fully saturated rings. The Labute approximate surface area is 180 Å². The summed E-state index contributed by atoms with van der Waals surface area (Å²) in [5, 5.41) is 0.777. The van der Waals surface area contributed by atoms with Crippen LogP contribution in [0, 0.1) is 20.8 Å². The van der Waals surface area contributed by atoms with E-state index in [9.17, 15) is 4.79 Å². The third-order valence-corrected chi connectivity index (χ3v) is 7.36. The molecule has 0 N–H and O–H groups in total. The number of nitrogens with zero attached hydrogens (tertiary/aromatic N) is 2. The molecule has 1 aliphatic heterocycles. The predicted octanol–water partition coefficient (Wildman–Crippen LogP) is 5.53. The van der Waals surface area contributed by atoms with E-state index >= 15 is 0 Å². The number of thioether (sulfide) groups is 1. The summed E-state index contributed by atoms with van der Waals surface area (Å²) >= 11 is 3.18. The summed E-state index contributed by atoms with van der Waals surface area (Å²) in [5.41, 5.74) is 4.60. The van der Waals surface area contributed by atoms with Crippen LogP contribution in [0.15, 0.2) is 41.3 Å². The van der Waals surface area contributed by atoms with Crippen LogP contribution in [-0.4, -0.2) is 35.9 Å². The second-order valence-corrected chi connectivity index (χ2v) is 9.69. The molecule has 152 valence electrons. The first-order valence-corrected chi connectivity index (χ1v) is 11.8. The summed E-state index contributed by atoms with van der Waals surface area (Å²) in [7, 11) is 0. The molecule has 1 aliphatic rings. The van der Waals surface area contributed by atoms with E-state index in [1.54, 1.807) is 23.1 Å². The van der Waals surface area contributed by atoms with Gasteiger partial charge in [-0.1, -0.05) is 35.1 Å². The minimum Gasteiger partial charge on any atom is -0.376 e. The van der Waals surface area contributed by atoms with Gasteiger partial charge in [-0.3, -0.25) is 9.69 Å². The Bertz CT molecular complexity index is 1010. The molecule has 0 radical (unpaired) electrons. The van der Waals surface area contributed by atoms with Gasteiger partial charge in [0.05, 0.1) is 28.6 Å². The lowest BCUT2D eigenvalue weighted by molar-refractivity contribution is -0.116. The summed E-state index contributed by atoms with van der Waals surface area (Å²) in [6.45, 7) is 7.61. The average Bonchev–Trinajstić information content (AvgIpc) is 3.35. The van der Waals surface area contributed by atoms with E-state index in [1.165, 1.54) is 16.7 Å². The standard InChI is InChI=1S/C23H26N2O2S2/c1-15-6-8-19(9-7-15)28-14-21(26)25(13-18-5-4-10-27-18)23-24-20-12-16(2)11-17(3)22(20)29-23/h6-9,11-12,18H,4-5,10,13-14H2,1-3H3. The van der Waals surface area contributed by atoms with Gasteiger partial charge in [0, 0.05) is 11.5 Å². The minimum atomic E-state index is 0.0829. The first kappa shape index (κ1) is 20.4. The van der Waals surface area contributed by atoms with Crippen LogP contribution < -0.4 is 4.90 Å². The highest BCUT2D eigenvalue weighted by Gasteiger charge is 2.26. The van der Waals surface area contributed by atoms with Gasteiger partial charge in [0.2, 0.25) is 5.91 Å². The van der Waals surface area contributed by atoms with E-state index in [2.05, 4.69) is 57.2 Å². The molecule has 6 heteroatoms. The van der Waals surface area contributed by atoms with Crippen molar-refractivity contribution in [2.24, 2.45) is 0 Å². The van der Waals surface area contributed by atoms with Gasteiger partial charge in [0.25, 0.3) is 0 Å². The number of aromatic nitrogens is 1. The molecule has 4 nitrogen and oxygen atoms in total. The molecule has 1 amide bonds. The van der Waals surface area contributed by atoms with Crippen molar-refractivity contribution in [2.75, 3.05) is 23.8 Å². The Morgan fingerprint density at radius 3 is 2.72 bits per heavy atom. The number of anilines is 1. The van der Waals surface area contributed by atoms with E-state index in [1.807, 2.05) is 4.90 Å². The van der Waals surface area contributed by atoms with E-state index in [0.717, 1.165) is 39.7 Å². The lowest BCUT2D eigenvalue weighted by atomic mass is 10.1. The molecule has 0 aliphatic carbocycles. The Morgan fingerprint density at radius 1 is 1.21 bits per heavy atom. The van der Waals surface area contributed by atoms with E-state index in [-0.39, 0.29) is 12.0 Å². The molecule has 0 saturated carbocycles. The van der Waals surface area contributed by atoms with Gasteiger partial charge >= 0.3 is 0 Å². The van der Waals surface area contributed by atoms with Crippen molar-refractivity contribution in [3.8, 4) is 0 Å². The molecule has 1 saturated heterocycles. The highest BCUT2D eigenvalue weighted by molar-refractivity contribution is 8.00. The first-order chi connectivity index (χ1) is 14.0. The number of hydrogen-bond acceptors (Lipinski definition) is 5. The second-order valence-electron chi connectivity index (χ2n) is 7.67. The highest BCUT2D eigenvalue weighted by atomic mass is 32.2. The second kappa shape index (κ2) is 8.86. The van der Waals surface area contributed by atoms with Gasteiger partial charge in [0.1, 0.15) is 0 Å². The third kappa shape index (κ3) is 4.82. The number of carbonyl (C=O) groups excluding carboxylic acids is 1. The zero-order valence-electron chi connectivity index (χ0n) is 17.1. The number of carbonyl (C=O) groups is 1. The van der Waals surface area contributed by atoms with Crippen molar-refractivity contribution < 1.29 is 9.53 Å². The van der Waals surface area contributed by atoms with Crippen LogP contribution in [0.4, 0.5) is 5.13 Å². The molecule has 2 heterocycles. The topological polar surface area (TPSA) is 42.4 Å². The molecule has 0 spiro atoms. The van der Waals surface area contributed by atoms with E-state index in [4.69, 9.17) is 9.72 Å². The van der Waals surface area contributed by atoms with Gasteiger partial charge in [0.15, 0.2) is 5.13 Å². The normalized spacial score (nSPS) is 16.4. The lowest BCUT2D eigenvalue weighted by Gasteiger charge is -2.23. The zero-order valence-corrected chi connectivity index (χ0v) is 18.7. The van der Waals surface area contributed by atoms with Crippen LogP contribution in [0.1, 0.15) is 29.5 Å². The molecule has 0 bridgehead atoms. The number of thiazole rings is 1. The summed E-state index contributed by atoms with van der Waals surface area (Å²) in [6.07, 6.45) is 2.15. The van der Waals surface area contributed by atoms with Gasteiger partial charge in [-0.05, 0) is 62.9 Å². The maximum atomic E-state index is 13.2. The van der Waals surface area contributed by atoms with Crippen molar-refractivity contribution in [2.45, 2.75) is 44.6 Å². The molecule has 1 atom stereocenters. The Kier molecular flexibility index (Phi) is 6.23. The zero-order chi connectivity index (χ0) is 20.4. The highest BCUT2D eigenvalue weighted by Crippen LogP contribution is 2.33. The van der Waals surface area contributed by atoms with Gasteiger partial charge < -0.3 is 4.74 Å². The largest absolute Gasteiger partial charge is 0.376 e. The maximum Gasteiger partial charge on any atom is 0.239 e. The fourth-order valence-corrected chi connectivity index (χ4v) is 5.43. The number of ether oxygens (including phenoxy) is 1. The molecule has 4 rings (SSSR count). The summed E-state index contributed by atoms with van der Waals surface area (Å²) < 4.78 is 6.98. The quantitative estimate of drug-likeness (QED) is 0.486. The maximum absolute atomic E-state index is 13.2. The van der Waals surface area contributed by atoms with E-state index in [0.29, 0.717) is 12.3 Å². The molecule has 29 heavy (non-hydrogen) atoms. The number of rotatable bonds is 6. The Hall–Kier alpha value is -1.89. The Morgan fingerprint density at radius 2 is 2.00 bits per heavy atom. The number of amides is 1. The first-order valence-electron chi connectivity index (χ1n) is 9.99. The monoisotopic (exact) mass is 426 g/mol. The van der Waals surface area contributed by atoms with Crippen LogP contribution in [0.25, 0.3) is 10.2 Å². The van der Waals surface area contributed by atoms with Crippen molar-refractivity contribution in [1.29, 1.82) is 0 Å². The van der Waals surface area contributed by atoms with Crippen LogP contribution in [0.2, 0.25) is 0 Å². The fourth-order valence-electron chi connectivity index (χ4n) is 3.62. The molecule has 2 aromatic carbocycles. The average molecular weight is 427 g/mol. The summed E-state index contributed by atoms with van der Waals surface area (Å²) in [6, 6.07) is 12.6. The molecule has 1 aromatic heterocycles. The SMILES string of the molecule is Cc1ccc(SCC(=O)N(CC2CCCO2)c2nc3cc(C)cc(C)c3s2)cc1. The van der Waals surface area contributed by atoms with Crippen LogP contribution in [-0.2, 0) is 9.53 Å². The lowest BCUT2D eigenvalue weighted by Crippen LogP contribution is -2.38. The molecule has 1 unspecified atom stereocenters. The minimum absolute atomic E-state index is 0.0829. The van der Waals surface area contributed by atoms with Crippen LogP contribution >= 0.6 is 23.1 Å². The van der Waals surface area contributed by atoms with Gasteiger partial charge in [-0.15, -0.1) is 11.8 Å². The molecular formula is C23H26N2O2S2. The number of fused-ring (bicyclic) bond motifs is 1. The Balaban J connectivity index is 1.57. The van der Waals surface area contributed by atoms with Crippen molar-refractivity contribution in [1.82, 2.24) is 4.98 Å². The summed E-state index contributed by atoms with van der Waals surface area (Å²) in [5.74, 6) is 0.475. The van der Waals surface area contributed by atoms with Crippen LogP contribution in [0.3, 0.4) is 0 Å². The molecule has 3 aromatic rings. The fraction of sp³-hybridized carbons (Fsp3) is 0.391. The smallest absolute Gasteiger partial charge is 0.239 e. The number of hydrogen-bond donors (Lipinski definition) is 0. The summed E-state index contributed by atoms with van der Waals surface area (Å²) in [4.78, 5) is 21.0. The number of aryl methyl sites for hydroxylation is 3. The predicted molar refractivity (Wildman–Crippen MR) is 122 cm³/mol. The molecular weight excluding hydrogens is 400 g/mol. The van der Waals surface area contributed by atoms with Crippen molar-refractivity contribution in [3.05, 3.63) is 53.1 Å². The van der Waals surface area contributed by atoms with Gasteiger partial charge in [-0.2, -0.15) is 0 Å². The van der Waals surface area contributed by atoms with Crippen molar-refractivity contribution >= 4 is 44.4 Å².